The van der Waals surface area contributed by atoms with Gasteiger partial charge in [-0.3, -0.25) is 4.79 Å². The minimum Gasteiger partial charge on any atom is -0.353 e. The molecular weight excluding hydrogens is 342 g/mol. The van der Waals surface area contributed by atoms with Crippen LogP contribution in [0.3, 0.4) is 0 Å². The minimum atomic E-state index is 0.00195. The van der Waals surface area contributed by atoms with Crippen molar-refractivity contribution in [3.05, 3.63) is 40.9 Å². The summed E-state index contributed by atoms with van der Waals surface area (Å²) in [7, 11) is 0. The van der Waals surface area contributed by atoms with E-state index in [0.717, 1.165) is 24.4 Å². The molecule has 1 amide bonds. The second-order valence-electron chi connectivity index (χ2n) is 10.1. The van der Waals surface area contributed by atoms with Gasteiger partial charge in [-0.25, -0.2) is 0 Å². The highest BCUT2D eigenvalue weighted by molar-refractivity contribution is 6.30. The summed E-state index contributed by atoms with van der Waals surface area (Å²) >= 11 is 5.89. The molecule has 26 heavy (non-hydrogen) atoms. The second kappa shape index (κ2) is 6.41. The molecule has 1 aromatic rings. The molecule has 4 saturated carbocycles. The van der Waals surface area contributed by atoms with Crippen LogP contribution in [-0.2, 0) is 4.79 Å². The molecular formula is C23H30ClNO. The summed E-state index contributed by atoms with van der Waals surface area (Å²) in [5, 5.41) is 3.83. The first-order valence-electron chi connectivity index (χ1n) is 9.99. The van der Waals surface area contributed by atoms with Gasteiger partial charge in [0.2, 0.25) is 5.91 Å². The third kappa shape index (κ3) is 3.71. The van der Waals surface area contributed by atoms with Crippen LogP contribution >= 0.6 is 11.6 Å². The summed E-state index contributed by atoms with van der Waals surface area (Å²) in [6, 6.07) is 7.52. The van der Waals surface area contributed by atoms with Gasteiger partial charge in [-0.15, -0.1) is 0 Å². The standard InChI is InChI=1S/C23H30ClNO/c1-21-11-18-12-22(2,14-21)16-23(13-18,15-21)9-10-25-20(26)8-5-17-3-6-19(24)7-4-17/h3-8,18H,9-16H2,1-2H3,(H,25,26)/b8-5+/t18?,21-,22+,23?. The van der Waals surface area contributed by atoms with Crippen LogP contribution in [0.5, 0.6) is 0 Å². The number of hydrogen-bond acceptors (Lipinski definition) is 1. The maximum absolute atomic E-state index is 12.2. The average molecular weight is 372 g/mol. The first kappa shape index (κ1) is 18.1. The Morgan fingerprint density at radius 1 is 1.12 bits per heavy atom. The minimum absolute atomic E-state index is 0.00195. The fraction of sp³-hybridized carbons (Fsp3) is 0.609. The monoisotopic (exact) mass is 371 g/mol. The number of benzene rings is 1. The van der Waals surface area contributed by atoms with E-state index in [1.807, 2.05) is 30.3 Å². The predicted octanol–water partition coefficient (Wildman–Crippen LogP) is 5.86. The summed E-state index contributed by atoms with van der Waals surface area (Å²) in [5.74, 6) is 0.920. The quantitative estimate of drug-likeness (QED) is 0.645. The molecule has 2 unspecified atom stereocenters. The van der Waals surface area contributed by atoms with Crippen LogP contribution in [0.15, 0.2) is 30.3 Å². The number of carbonyl (C=O) groups is 1. The fourth-order valence-electron chi connectivity index (χ4n) is 7.22. The summed E-state index contributed by atoms with van der Waals surface area (Å²) in [6.07, 6.45) is 13.0. The Morgan fingerprint density at radius 2 is 1.77 bits per heavy atom. The summed E-state index contributed by atoms with van der Waals surface area (Å²) in [6.45, 7) is 5.82. The number of nitrogens with one attached hydrogen (secondary N) is 1. The highest BCUT2D eigenvalue weighted by atomic mass is 35.5. The van der Waals surface area contributed by atoms with E-state index in [9.17, 15) is 4.79 Å². The van der Waals surface area contributed by atoms with Crippen molar-refractivity contribution in [2.75, 3.05) is 6.54 Å². The van der Waals surface area contributed by atoms with Gasteiger partial charge in [0.05, 0.1) is 0 Å². The molecule has 3 heteroatoms. The first-order valence-corrected chi connectivity index (χ1v) is 10.4. The maximum Gasteiger partial charge on any atom is 0.243 e. The van der Waals surface area contributed by atoms with Gasteiger partial charge >= 0.3 is 0 Å². The number of amides is 1. The normalized spacial score (nSPS) is 38.0. The molecule has 4 bridgehead atoms. The van der Waals surface area contributed by atoms with Crippen molar-refractivity contribution in [3.63, 3.8) is 0 Å². The van der Waals surface area contributed by atoms with Gasteiger partial charge in [0, 0.05) is 17.6 Å². The lowest BCUT2D eigenvalue weighted by atomic mass is 9.40. The number of rotatable bonds is 5. The van der Waals surface area contributed by atoms with E-state index in [-0.39, 0.29) is 5.91 Å². The van der Waals surface area contributed by atoms with Gasteiger partial charge in [-0.05, 0) is 90.9 Å². The van der Waals surface area contributed by atoms with Crippen LogP contribution < -0.4 is 5.32 Å². The van der Waals surface area contributed by atoms with Crippen LogP contribution in [0.25, 0.3) is 6.08 Å². The zero-order valence-electron chi connectivity index (χ0n) is 16.0. The molecule has 4 aliphatic carbocycles. The highest BCUT2D eigenvalue weighted by Gasteiger charge is 2.59. The van der Waals surface area contributed by atoms with E-state index in [2.05, 4.69) is 19.2 Å². The molecule has 0 saturated heterocycles. The molecule has 0 aliphatic heterocycles. The molecule has 0 spiro atoms. The van der Waals surface area contributed by atoms with Crippen molar-refractivity contribution in [3.8, 4) is 0 Å². The van der Waals surface area contributed by atoms with Crippen molar-refractivity contribution in [1.29, 1.82) is 0 Å². The van der Waals surface area contributed by atoms with Crippen LogP contribution in [-0.4, -0.2) is 12.5 Å². The molecule has 0 radical (unpaired) electrons. The average Bonchev–Trinajstić information content (AvgIpc) is 2.50. The van der Waals surface area contributed by atoms with Gasteiger partial charge in [0.15, 0.2) is 0 Å². The predicted molar refractivity (Wildman–Crippen MR) is 108 cm³/mol. The fourth-order valence-corrected chi connectivity index (χ4v) is 7.34. The Morgan fingerprint density at radius 3 is 2.38 bits per heavy atom. The van der Waals surface area contributed by atoms with Crippen LogP contribution in [0.2, 0.25) is 5.02 Å². The Hall–Kier alpha value is -1.28. The zero-order chi connectivity index (χ0) is 18.4. The van der Waals surface area contributed by atoms with Gasteiger partial charge in [-0.1, -0.05) is 37.6 Å². The van der Waals surface area contributed by atoms with Crippen LogP contribution in [0.4, 0.5) is 0 Å². The Kier molecular flexibility index (Phi) is 4.46. The van der Waals surface area contributed by atoms with E-state index in [1.54, 1.807) is 6.08 Å². The summed E-state index contributed by atoms with van der Waals surface area (Å²) < 4.78 is 0. The van der Waals surface area contributed by atoms with Gasteiger partial charge in [0.25, 0.3) is 0 Å². The Bertz CT molecular complexity index is 704. The number of carbonyl (C=O) groups excluding carboxylic acids is 1. The maximum atomic E-state index is 12.2. The Balaban J connectivity index is 1.32. The molecule has 5 rings (SSSR count). The van der Waals surface area contributed by atoms with Crippen molar-refractivity contribution in [2.45, 2.75) is 58.8 Å². The molecule has 0 aromatic heterocycles. The van der Waals surface area contributed by atoms with Crippen molar-refractivity contribution >= 4 is 23.6 Å². The van der Waals surface area contributed by atoms with E-state index in [4.69, 9.17) is 11.6 Å². The Labute approximate surface area is 162 Å². The van der Waals surface area contributed by atoms with Gasteiger partial charge in [-0.2, -0.15) is 0 Å². The van der Waals surface area contributed by atoms with Crippen molar-refractivity contribution in [2.24, 2.45) is 22.2 Å². The van der Waals surface area contributed by atoms with Gasteiger partial charge < -0.3 is 5.32 Å². The molecule has 4 atom stereocenters. The summed E-state index contributed by atoms with van der Waals surface area (Å²) in [4.78, 5) is 12.2. The lowest BCUT2D eigenvalue weighted by Gasteiger charge is -2.65. The number of halogens is 1. The third-order valence-corrected chi connectivity index (χ3v) is 7.25. The highest BCUT2D eigenvalue weighted by Crippen LogP contribution is 2.70. The second-order valence-corrected chi connectivity index (χ2v) is 10.5. The molecule has 4 fully saturated rings. The van der Waals surface area contributed by atoms with Crippen LogP contribution in [0, 0.1) is 22.2 Å². The smallest absolute Gasteiger partial charge is 0.243 e. The van der Waals surface area contributed by atoms with E-state index >= 15 is 0 Å². The first-order chi connectivity index (χ1) is 12.3. The molecule has 4 aliphatic rings. The zero-order valence-corrected chi connectivity index (χ0v) is 16.7. The van der Waals surface area contributed by atoms with Crippen molar-refractivity contribution < 1.29 is 4.79 Å². The molecule has 0 heterocycles. The van der Waals surface area contributed by atoms with Crippen molar-refractivity contribution in [1.82, 2.24) is 5.32 Å². The topological polar surface area (TPSA) is 29.1 Å². The lowest BCUT2D eigenvalue weighted by molar-refractivity contribution is -0.147. The molecule has 1 aromatic carbocycles. The molecule has 2 nitrogen and oxygen atoms in total. The SMILES string of the molecule is C[C@]12CC3CC(CCNC(=O)/C=C/c4ccc(Cl)cc4)(C1)C[C@@](C)(C3)C2. The summed E-state index contributed by atoms with van der Waals surface area (Å²) in [5.41, 5.74) is 2.56. The lowest BCUT2D eigenvalue weighted by Crippen LogP contribution is -2.55. The third-order valence-electron chi connectivity index (χ3n) is 6.99. The van der Waals surface area contributed by atoms with Crippen LogP contribution in [0.1, 0.15) is 64.4 Å². The van der Waals surface area contributed by atoms with E-state index < -0.39 is 0 Å². The molecule has 140 valence electrons. The largest absolute Gasteiger partial charge is 0.353 e. The van der Waals surface area contributed by atoms with E-state index in [0.29, 0.717) is 21.3 Å². The van der Waals surface area contributed by atoms with Gasteiger partial charge in [0.1, 0.15) is 0 Å². The van der Waals surface area contributed by atoms with E-state index in [1.165, 1.54) is 38.5 Å². The molecule has 1 N–H and O–H groups in total. The number of hydrogen-bond donors (Lipinski definition) is 1.